The molecule has 140 valence electrons. The van der Waals surface area contributed by atoms with Gasteiger partial charge < -0.3 is 15.6 Å². The number of hydrogen-bond acceptors (Lipinski definition) is 5. The Balaban J connectivity index is 1.92. The van der Waals surface area contributed by atoms with Crippen molar-refractivity contribution in [3.05, 3.63) is 41.7 Å². The van der Waals surface area contributed by atoms with E-state index < -0.39 is 0 Å². The number of hydrogen-bond donors (Lipinski definition) is 2. The molecule has 7 nitrogen and oxygen atoms in total. The van der Waals surface area contributed by atoms with E-state index in [4.69, 9.17) is 5.73 Å². The van der Waals surface area contributed by atoms with Crippen molar-refractivity contribution in [1.82, 2.24) is 20.1 Å². The van der Waals surface area contributed by atoms with E-state index in [0.29, 0.717) is 24.0 Å². The second-order valence-corrected chi connectivity index (χ2v) is 7.36. The van der Waals surface area contributed by atoms with Gasteiger partial charge in [0.2, 0.25) is 11.8 Å². The zero-order valence-corrected chi connectivity index (χ0v) is 16.0. The van der Waals surface area contributed by atoms with Crippen LogP contribution in [0.1, 0.15) is 31.7 Å². The summed E-state index contributed by atoms with van der Waals surface area (Å²) < 4.78 is 1.97. The molecular formula is C18H25N5O2S. The van der Waals surface area contributed by atoms with E-state index in [1.165, 1.54) is 11.8 Å². The standard InChI is InChI=1S/C18H25N5O2S/c1-13(2)11-23-16(9-8-15(19)24)21-22-18(23)26-12-17(25)20-10-14-6-4-3-5-7-14/h3-7,13H,8-12H2,1-2H3,(H2,19,24)(H,20,25). The quantitative estimate of drug-likeness (QED) is 0.616. The maximum atomic E-state index is 12.1. The summed E-state index contributed by atoms with van der Waals surface area (Å²) in [5.74, 6) is 0.961. The maximum Gasteiger partial charge on any atom is 0.230 e. The number of rotatable bonds is 10. The van der Waals surface area contributed by atoms with Gasteiger partial charge in [0.1, 0.15) is 5.82 Å². The maximum absolute atomic E-state index is 12.1. The second kappa shape index (κ2) is 9.96. The van der Waals surface area contributed by atoms with Gasteiger partial charge in [-0.1, -0.05) is 55.9 Å². The van der Waals surface area contributed by atoms with Crippen molar-refractivity contribution < 1.29 is 9.59 Å². The molecular weight excluding hydrogens is 350 g/mol. The predicted molar refractivity (Wildman–Crippen MR) is 101 cm³/mol. The fraction of sp³-hybridized carbons (Fsp3) is 0.444. The Kier molecular flexibility index (Phi) is 7.65. The molecule has 0 aliphatic rings. The van der Waals surface area contributed by atoms with Gasteiger partial charge in [-0.05, 0) is 11.5 Å². The van der Waals surface area contributed by atoms with Crippen LogP contribution in [-0.2, 0) is 29.1 Å². The zero-order chi connectivity index (χ0) is 18.9. The number of thioether (sulfide) groups is 1. The molecule has 8 heteroatoms. The van der Waals surface area contributed by atoms with Crippen LogP contribution in [0.3, 0.4) is 0 Å². The molecule has 0 unspecified atom stereocenters. The van der Waals surface area contributed by atoms with Gasteiger partial charge in [0.25, 0.3) is 0 Å². The van der Waals surface area contributed by atoms with Crippen LogP contribution < -0.4 is 11.1 Å². The van der Waals surface area contributed by atoms with Gasteiger partial charge in [-0.3, -0.25) is 9.59 Å². The number of nitrogens with two attached hydrogens (primary N) is 1. The summed E-state index contributed by atoms with van der Waals surface area (Å²) in [6.45, 7) is 5.43. The van der Waals surface area contributed by atoms with E-state index in [2.05, 4.69) is 29.4 Å². The lowest BCUT2D eigenvalue weighted by atomic mass is 10.2. The van der Waals surface area contributed by atoms with Crippen molar-refractivity contribution in [3.63, 3.8) is 0 Å². The number of nitrogens with zero attached hydrogens (tertiary/aromatic N) is 3. The van der Waals surface area contributed by atoms with Gasteiger partial charge in [0.05, 0.1) is 5.75 Å². The molecule has 0 saturated carbocycles. The third-order valence-electron chi connectivity index (χ3n) is 3.60. The van der Waals surface area contributed by atoms with Crippen LogP contribution in [-0.4, -0.2) is 32.3 Å². The summed E-state index contributed by atoms with van der Waals surface area (Å²) in [6, 6.07) is 9.77. The van der Waals surface area contributed by atoms with Crippen molar-refractivity contribution in [2.24, 2.45) is 11.7 Å². The number of amides is 2. The molecule has 0 saturated heterocycles. The fourth-order valence-electron chi connectivity index (χ4n) is 2.37. The van der Waals surface area contributed by atoms with Gasteiger partial charge in [0, 0.05) is 25.9 Å². The third kappa shape index (κ3) is 6.51. The van der Waals surface area contributed by atoms with Gasteiger partial charge >= 0.3 is 0 Å². The lowest BCUT2D eigenvalue weighted by Gasteiger charge is -2.12. The summed E-state index contributed by atoms with van der Waals surface area (Å²) in [5.41, 5.74) is 6.28. The Morgan fingerprint density at radius 2 is 1.96 bits per heavy atom. The molecule has 2 rings (SSSR count). The topological polar surface area (TPSA) is 103 Å². The van der Waals surface area contributed by atoms with Crippen LogP contribution in [0.5, 0.6) is 0 Å². The molecule has 0 fully saturated rings. The molecule has 2 amide bonds. The van der Waals surface area contributed by atoms with E-state index >= 15 is 0 Å². The molecule has 2 aromatic rings. The Morgan fingerprint density at radius 3 is 2.62 bits per heavy atom. The fourth-order valence-corrected chi connectivity index (χ4v) is 3.17. The van der Waals surface area contributed by atoms with Crippen LogP contribution in [0.25, 0.3) is 0 Å². The molecule has 1 aromatic heterocycles. The van der Waals surface area contributed by atoms with Crippen molar-refractivity contribution in [2.45, 2.75) is 44.9 Å². The molecule has 0 radical (unpaired) electrons. The number of nitrogens with one attached hydrogen (secondary N) is 1. The molecule has 0 bridgehead atoms. The van der Waals surface area contributed by atoms with Crippen LogP contribution in [0.2, 0.25) is 0 Å². The normalized spacial score (nSPS) is 10.9. The largest absolute Gasteiger partial charge is 0.370 e. The first-order valence-corrected chi connectivity index (χ1v) is 9.58. The van der Waals surface area contributed by atoms with E-state index in [1.54, 1.807) is 0 Å². The molecule has 1 aromatic carbocycles. The van der Waals surface area contributed by atoms with Crippen molar-refractivity contribution in [1.29, 1.82) is 0 Å². The average Bonchev–Trinajstić information content (AvgIpc) is 2.98. The number of carbonyl (C=O) groups excluding carboxylic acids is 2. The van der Waals surface area contributed by atoms with Crippen LogP contribution in [0, 0.1) is 5.92 Å². The van der Waals surface area contributed by atoms with E-state index in [-0.39, 0.29) is 24.0 Å². The highest BCUT2D eigenvalue weighted by Gasteiger charge is 2.15. The van der Waals surface area contributed by atoms with Crippen molar-refractivity contribution >= 4 is 23.6 Å². The monoisotopic (exact) mass is 375 g/mol. The van der Waals surface area contributed by atoms with E-state index in [0.717, 1.165) is 17.9 Å². The number of carbonyl (C=O) groups is 2. The Hall–Kier alpha value is -2.35. The van der Waals surface area contributed by atoms with Gasteiger partial charge in [-0.25, -0.2) is 0 Å². The average molecular weight is 375 g/mol. The molecule has 3 N–H and O–H groups in total. The molecule has 26 heavy (non-hydrogen) atoms. The van der Waals surface area contributed by atoms with Crippen LogP contribution in [0.4, 0.5) is 0 Å². The minimum atomic E-state index is -0.362. The van der Waals surface area contributed by atoms with E-state index in [1.807, 2.05) is 34.9 Å². The second-order valence-electron chi connectivity index (χ2n) is 6.42. The molecule has 0 spiro atoms. The summed E-state index contributed by atoms with van der Waals surface area (Å²) >= 11 is 1.35. The molecule has 0 atom stereocenters. The smallest absolute Gasteiger partial charge is 0.230 e. The first kappa shape index (κ1) is 20.0. The summed E-state index contributed by atoms with van der Waals surface area (Å²) in [5, 5.41) is 11.9. The van der Waals surface area contributed by atoms with Crippen LogP contribution >= 0.6 is 11.8 Å². The van der Waals surface area contributed by atoms with Gasteiger partial charge in [-0.15, -0.1) is 10.2 Å². The minimum absolute atomic E-state index is 0.0587. The summed E-state index contributed by atoms with van der Waals surface area (Å²) in [7, 11) is 0. The number of aryl methyl sites for hydroxylation is 1. The number of primary amides is 1. The van der Waals surface area contributed by atoms with Crippen LogP contribution in [0.15, 0.2) is 35.5 Å². The Bertz CT molecular complexity index is 730. The van der Waals surface area contributed by atoms with Gasteiger partial charge in [0.15, 0.2) is 5.16 Å². The minimum Gasteiger partial charge on any atom is -0.370 e. The molecule has 1 heterocycles. The van der Waals surface area contributed by atoms with Crippen molar-refractivity contribution in [3.8, 4) is 0 Å². The van der Waals surface area contributed by atoms with Gasteiger partial charge in [-0.2, -0.15) is 0 Å². The van der Waals surface area contributed by atoms with Crippen molar-refractivity contribution in [2.75, 3.05) is 5.75 Å². The first-order valence-electron chi connectivity index (χ1n) is 8.59. The van der Waals surface area contributed by atoms with E-state index in [9.17, 15) is 9.59 Å². The predicted octanol–water partition coefficient (Wildman–Crippen LogP) is 1.76. The SMILES string of the molecule is CC(C)Cn1c(CCC(N)=O)nnc1SCC(=O)NCc1ccccc1. The lowest BCUT2D eigenvalue weighted by molar-refractivity contribution is -0.119. The summed E-state index contributed by atoms with van der Waals surface area (Å²) in [6.07, 6.45) is 0.689. The molecule has 0 aliphatic heterocycles. The lowest BCUT2D eigenvalue weighted by Crippen LogP contribution is -2.24. The highest BCUT2D eigenvalue weighted by atomic mass is 32.2. The molecule has 0 aliphatic carbocycles. The summed E-state index contributed by atoms with van der Waals surface area (Å²) in [4.78, 5) is 23.1. The Morgan fingerprint density at radius 1 is 1.23 bits per heavy atom. The highest BCUT2D eigenvalue weighted by Crippen LogP contribution is 2.19. The number of benzene rings is 1. The highest BCUT2D eigenvalue weighted by molar-refractivity contribution is 7.99. The third-order valence-corrected chi connectivity index (χ3v) is 4.57. The number of aromatic nitrogens is 3. The zero-order valence-electron chi connectivity index (χ0n) is 15.1. The first-order chi connectivity index (χ1) is 12.5. The Labute approximate surface area is 157 Å².